The van der Waals surface area contributed by atoms with Gasteiger partial charge in [0.25, 0.3) is 5.70 Å². The lowest BCUT2D eigenvalue weighted by Gasteiger charge is -2.18. The number of carboxylic acid groups (broad SMARTS) is 1. The lowest BCUT2D eigenvalue weighted by molar-refractivity contribution is -0.428. The van der Waals surface area contributed by atoms with Gasteiger partial charge in [0.05, 0.1) is 18.5 Å². The third kappa shape index (κ3) is 3.03. The largest absolute Gasteiger partial charge is 0.497 e. The van der Waals surface area contributed by atoms with E-state index in [1.807, 2.05) is 0 Å². The lowest BCUT2D eigenvalue weighted by atomic mass is 9.84. The molecule has 1 aliphatic rings. The SMILES string of the molecule is COc1ccc(CC(=O)O)c(C2C(=O)C=CC=C2[N+](=O)[O-])c1. The first-order valence-corrected chi connectivity index (χ1v) is 6.39. The van der Waals surface area contributed by atoms with E-state index in [2.05, 4.69) is 0 Å². The maximum Gasteiger partial charge on any atom is 0.307 e. The van der Waals surface area contributed by atoms with Crippen LogP contribution in [-0.4, -0.2) is 28.9 Å². The van der Waals surface area contributed by atoms with Crippen LogP contribution >= 0.6 is 0 Å². The Morgan fingerprint density at radius 2 is 2.18 bits per heavy atom. The molecule has 0 aromatic heterocycles. The molecule has 0 spiro atoms. The zero-order chi connectivity index (χ0) is 16.3. The van der Waals surface area contributed by atoms with Crippen molar-refractivity contribution in [2.24, 2.45) is 0 Å². The maximum atomic E-state index is 12.1. The number of ketones is 1. The number of rotatable bonds is 5. The number of benzene rings is 1. The number of nitrogens with zero attached hydrogens (tertiary/aromatic N) is 1. The Balaban J connectivity index is 2.59. The Morgan fingerprint density at radius 3 is 2.77 bits per heavy atom. The number of hydrogen-bond donors (Lipinski definition) is 1. The van der Waals surface area contributed by atoms with Crippen LogP contribution in [-0.2, 0) is 16.0 Å². The first kappa shape index (κ1) is 15.4. The van der Waals surface area contributed by atoms with E-state index in [0.29, 0.717) is 11.3 Å². The second-order valence-corrected chi connectivity index (χ2v) is 4.68. The van der Waals surface area contributed by atoms with Crippen LogP contribution in [0, 0.1) is 10.1 Å². The number of nitro groups is 1. The number of aliphatic carboxylic acids is 1. The average molecular weight is 303 g/mol. The van der Waals surface area contributed by atoms with Gasteiger partial charge in [0, 0.05) is 6.08 Å². The van der Waals surface area contributed by atoms with Gasteiger partial charge in [-0.05, 0) is 29.3 Å². The van der Waals surface area contributed by atoms with Gasteiger partial charge in [-0.25, -0.2) is 0 Å². The summed E-state index contributed by atoms with van der Waals surface area (Å²) in [5, 5.41) is 20.2. The molecule has 7 nitrogen and oxygen atoms in total. The molecule has 22 heavy (non-hydrogen) atoms. The Bertz CT molecular complexity index is 704. The standard InChI is InChI=1S/C15H13NO6/c1-22-10-6-5-9(7-14(18)19)11(8-10)15-12(16(20)21)3-2-4-13(15)17/h2-6,8,15H,7H2,1H3,(H,18,19). The van der Waals surface area contributed by atoms with E-state index in [9.17, 15) is 19.7 Å². The van der Waals surface area contributed by atoms with Crippen molar-refractivity contribution < 1.29 is 24.4 Å². The summed E-state index contributed by atoms with van der Waals surface area (Å²) in [6, 6.07) is 4.53. The second kappa shape index (κ2) is 6.21. The van der Waals surface area contributed by atoms with Crippen LogP contribution in [0.25, 0.3) is 0 Å². The molecule has 1 N–H and O–H groups in total. The van der Waals surface area contributed by atoms with Crippen LogP contribution in [0.5, 0.6) is 5.75 Å². The highest BCUT2D eigenvalue weighted by molar-refractivity contribution is 5.99. The van der Waals surface area contributed by atoms with Gasteiger partial charge >= 0.3 is 5.97 Å². The highest BCUT2D eigenvalue weighted by Gasteiger charge is 2.35. The molecule has 0 radical (unpaired) electrons. The summed E-state index contributed by atoms with van der Waals surface area (Å²) < 4.78 is 5.07. The first-order valence-electron chi connectivity index (χ1n) is 6.39. The fourth-order valence-electron chi connectivity index (χ4n) is 2.35. The van der Waals surface area contributed by atoms with Crippen molar-refractivity contribution in [3.8, 4) is 5.75 Å². The first-order chi connectivity index (χ1) is 10.4. The molecule has 0 saturated heterocycles. The molecule has 0 amide bonds. The molecule has 0 heterocycles. The molecule has 0 aliphatic heterocycles. The second-order valence-electron chi connectivity index (χ2n) is 4.68. The molecule has 1 aromatic rings. The zero-order valence-electron chi connectivity index (χ0n) is 11.7. The average Bonchev–Trinajstić information content (AvgIpc) is 2.47. The van der Waals surface area contributed by atoms with Gasteiger partial charge in [-0.1, -0.05) is 12.1 Å². The molecular weight excluding hydrogens is 290 g/mol. The van der Waals surface area contributed by atoms with Gasteiger partial charge in [-0.15, -0.1) is 0 Å². The number of allylic oxidation sites excluding steroid dienone is 4. The Hall–Kier alpha value is -2.96. The van der Waals surface area contributed by atoms with Crippen molar-refractivity contribution >= 4 is 11.8 Å². The van der Waals surface area contributed by atoms with Gasteiger partial charge < -0.3 is 9.84 Å². The lowest BCUT2D eigenvalue weighted by Crippen LogP contribution is -2.22. The van der Waals surface area contributed by atoms with Crippen molar-refractivity contribution in [3.63, 3.8) is 0 Å². The van der Waals surface area contributed by atoms with Crippen LogP contribution in [0.3, 0.4) is 0 Å². The fourth-order valence-corrected chi connectivity index (χ4v) is 2.35. The van der Waals surface area contributed by atoms with Gasteiger partial charge in [0.2, 0.25) is 0 Å². The Labute approximate surface area is 125 Å². The number of carbonyl (C=O) groups excluding carboxylic acids is 1. The normalized spacial score (nSPS) is 17.0. The molecule has 1 aliphatic carbocycles. The van der Waals surface area contributed by atoms with E-state index in [0.717, 1.165) is 0 Å². The van der Waals surface area contributed by atoms with E-state index in [1.54, 1.807) is 6.07 Å². The van der Waals surface area contributed by atoms with Crippen molar-refractivity contribution in [2.45, 2.75) is 12.3 Å². The summed E-state index contributed by atoms with van der Waals surface area (Å²) >= 11 is 0. The molecule has 7 heteroatoms. The third-order valence-corrected chi connectivity index (χ3v) is 3.32. The fraction of sp³-hybridized carbons (Fsp3) is 0.200. The van der Waals surface area contributed by atoms with Crippen molar-refractivity contribution in [1.82, 2.24) is 0 Å². The van der Waals surface area contributed by atoms with Gasteiger partial charge in [-0.2, -0.15) is 0 Å². The topological polar surface area (TPSA) is 107 Å². The molecule has 0 fully saturated rings. The number of carbonyl (C=O) groups is 2. The van der Waals surface area contributed by atoms with E-state index in [4.69, 9.17) is 9.84 Å². The van der Waals surface area contributed by atoms with Crippen LogP contribution in [0.1, 0.15) is 17.0 Å². The minimum absolute atomic E-state index is 0.277. The Kier molecular flexibility index (Phi) is 4.36. The number of hydrogen-bond acceptors (Lipinski definition) is 5. The highest BCUT2D eigenvalue weighted by atomic mass is 16.6. The highest BCUT2D eigenvalue weighted by Crippen LogP contribution is 2.34. The van der Waals surface area contributed by atoms with Gasteiger partial charge in [0.15, 0.2) is 5.78 Å². The van der Waals surface area contributed by atoms with Gasteiger partial charge in [-0.3, -0.25) is 19.7 Å². The summed E-state index contributed by atoms with van der Waals surface area (Å²) in [6.07, 6.45) is 3.46. The summed E-state index contributed by atoms with van der Waals surface area (Å²) in [7, 11) is 1.42. The summed E-state index contributed by atoms with van der Waals surface area (Å²) in [5.74, 6) is -2.29. The Morgan fingerprint density at radius 1 is 1.45 bits per heavy atom. The molecular formula is C15H13NO6. The summed E-state index contributed by atoms with van der Waals surface area (Å²) in [4.78, 5) is 33.6. The number of carboxylic acids is 1. The van der Waals surface area contributed by atoms with Gasteiger partial charge in [0.1, 0.15) is 11.7 Å². The van der Waals surface area contributed by atoms with Crippen molar-refractivity contribution in [3.05, 3.63) is 63.4 Å². The molecule has 2 rings (SSSR count). The molecule has 1 aromatic carbocycles. The number of ether oxygens (including phenoxy) is 1. The number of methoxy groups -OCH3 is 1. The molecule has 0 saturated carbocycles. The molecule has 0 bridgehead atoms. The van der Waals surface area contributed by atoms with Crippen molar-refractivity contribution in [2.75, 3.05) is 7.11 Å². The van der Waals surface area contributed by atoms with Crippen LogP contribution in [0.15, 0.2) is 42.1 Å². The molecule has 1 atom stereocenters. The monoisotopic (exact) mass is 303 g/mol. The molecule has 1 unspecified atom stereocenters. The maximum absolute atomic E-state index is 12.1. The van der Waals surface area contributed by atoms with E-state index >= 15 is 0 Å². The predicted molar refractivity (Wildman–Crippen MR) is 76.3 cm³/mol. The summed E-state index contributed by atoms with van der Waals surface area (Å²) in [5.41, 5.74) is 0.334. The minimum atomic E-state index is -1.13. The van der Waals surface area contributed by atoms with Crippen LogP contribution in [0.4, 0.5) is 0 Å². The summed E-state index contributed by atoms with van der Waals surface area (Å²) in [6.45, 7) is 0. The third-order valence-electron chi connectivity index (χ3n) is 3.32. The minimum Gasteiger partial charge on any atom is -0.497 e. The van der Waals surface area contributed by atoms with E-state index in [1.165, 1.54) is 37.5 Å². The van der Waals surface area contributed by atoms with E-state index < -0.39 is 22.6 Å². The molecule has 114 valence electrons. The predicted octanol–water partition coefficient (Wildman–Crippen LogP) is 1.71. The van der Waals surface area contributed by atoms with Crippen LogP contribution in [0.2, 0.25) is 0 Å². The van der Waals surface area contributed by atoms with Crippen molar-refractivity contribution in [1.29, 1.82) is 0 Å². The van der Waals surface area contributed by atoms with Crippen LogP contribution < -0.4 is 4.74 Å². The smallest absolute Gasteiger partial charge is 0.307 e. The zero-order valence-corrected chi connectivity index (χ0v) is 11.7. The quantitative estimate of drug-likeness (QED) is 0.655. The van der Waals surface area contributed by atoms with E-state index in [-0.39, 0.29) is 17.7 Å².